The SMILES string of the molecule is O=C(NC(Cc1ccccc1)CN1CCOCC1)C1CCNCC1. The summed E-state index contributed by atoms with van der Waals surface area (Å²) in [5, 5.41) is 6.66. The molecule has 1 amide bonds. The van der Waals surface area contributed by atoms with Gasteiger partial charge in [-0.25, -0.2) is 0 Å². The van der Waals surface area contributed by atoms with Gasteiger partial charge in [-0.05, 0) is 37.9 Å². The zero-order chi connectivity index (χ0) is 16.6. The second-order valence-electron chi connectivity index (χ2n) is 6.83. The minimum Gasteiger partial charge on any atom is -0.379 e. The number of carbonyl (C=O) groups is 1. The Labute approximate surface area is 144 Å². The largest absolute Gasteiger partial charge is 0.379 e. The molecule has 0 spiro atoms. The van der Waals surface area contributed by atoms with E-state index in [1.165, 1.54) is 5.56 Å². The number of benzene rings is 1. The highest BCUT2D eigenvalue weighted by Gasteiger charge is 2.25. The van der Waals surface area contributed by atoms with Crippen molar-refractivity contribution in [3.05, 3.63) is 35.9 Å². The normalized spacial score (nSPS) is 21.3. The van der Waals surface area contributed by atoms with Gasteiger partial charge in [0, 0.05) is 31.6 Å². The summed E-state index contributed by atoms with van der Waals surface area (Å²) in [6, 6.07) is 10.6. The summed E-state index contributed by atoms with van der Waals surface area (Å²) in [4.78, 5) is 15.1. The lowest BCUT2D eigenvalue weighted by atomic mass is 9.96. The van der Waals surface area contributed by atoms with Crippen LogP contribution in [0.15, 0.2) is 30.3 Å². The molecule has 2 saturated heterocycles. The number of morpholine rings is 1. The number of amides is 1. The molecule has 2 aliphatic heterocycles. The molecule has 1 aromatic carbocycles. The lowest BCUT2D eigenvalue weighted by Crippen LogP contribution is -2.50. The molecule has 24 heavy (non-hydrogen) atoms. The van der Waals surface area contributed by atoms with Crippen molar-refractivity contribution in [3.63, 3.8) is 0 Å². The van der Waals surface area contributed by atoms with Crippen LogP contribution in [0.2, 0.25) is 0 Å². The van der Waals surface area contributed by atoms with Crippen molar-refractivity contribution in [1.82, 2.24) is 15.5 Å². The van der Waals surface area contributed by atoms with Crippen molar-refractivity contribution < 1.29 is 9.53 Å². The Balaban J connectivity index is 1.60. The molecule has 0 aliphatic carbocycles. The standard InChI is InChI=1S/C19H29N3O2/c23-19(17-6-8-20-9-7-17)21-18(14-16-4-2-1-3-5-16)15-22-10-12-24-13-11-22/h1-5,17-18,20H,6-15H2,(H,21,23). The first kappa shape index (κ1) is 17.4. The van der Waals surface area contributed by atoms with Crippen LogP contribution in [0.1, 0.15) is 18.4 Å². The number of piperidine rings is 1. The van der Waals surface area contributed by atoms with Crippen LogP contribution in [0.5, 0.6) is 0 Å². The topological polar surface area (TPSA) is 53.6 Å². The predicted octanol–water partition coefficient (Wildman–Crippen LogP) is 1.05. The van der Waals surface area contributed by atoms with E-state index in [0.717, 1.165) is 65.2 Å². The first-order valence-corrected chi connectivity index (χ1v) is 9.16. The van der Waals surface area contributed by atoms with Crippen molar-refractivity contribution in [3.8, 4) is 0 Å². The van der Waals surface area contributed by atoms with Crippen LogP contribution in [0, 0.1) is 5.92 Å². The maximum absolute atomic E-state index is 12.7. The molecular weight excluding hydrogens is 302 g/mol. The molecule has 3 rings (SSSR count). The summed E-state index contributed by atoms with van der Waals surface area (Å²) in [5.74, 6) is 0.389. The lowest BCUT2D eigenvalue weighted by Gasteiger charge is -2.32. The predicted molar refractivity (Wildman–Crippen MR) is 94.9 cm³/mol. The van der Waals surface area contributed by atoms with Gasteiger partial charge in [0.1, 0.15) is 0 Å². The Morgan fingerprint density at radius 3 is 2.62 bits per heavy atom. The van der Waals surface area contributed by atoms with Crippen molar-refractivity contribution in [2.75, 3.05) is 45.9 Å². The third kappa shape index (κ3) is 5.30. The Morgan fingerprint density at radius 1 is 1.21 bits per heavy atom. The van der Waals surface area contributed by atoms with E-state index >= 15 is 0 Å². The van der Waals surface area contributed by atoms with Crippen LogP contribution < -0.4 is 10.6 Å². The Morgan fingerprint density at radius 2 is 1.92 bits per heavy atom. The van der Waals surface area contributed by atoms with E-state index in [2.05, 4.69) is 39.8 Å². The van der Waals surface area contributed by atoms with Gasteiger partial charge in [-0.3, -0.25) is 9.69 Å². The summed E-state index contributed by atoms with van der Waals surface area (Å²) in [6.45, 7) is 6.29. The van der Waals surface area contributed by atoms with Crippen molar-refractivity contribution in [1.29, 1.82) is 0 Å². The molecule has 1 aromatic rings. The van der Waals surface area contributed by atoms with Gasteiger partial charge in [-0.2, -0.15) is 0 Å². The molecule has 0 radical (unpaired) electrons. The van der Waals surface area contributed by atoms with Gasteiger partial charge < -0.3 is 15.4 Å². The smallest absolute Gasteiger partial charge is 0.223 e. The van der Waals surface area contributed by atoms with Gasteiger partial charge in [-0.1, -0.05) is 30.3 Å². The molecular formula is C19H29N3O2. The molecule has 0 aromatic heterocycles. The van der Waals surface area contributed by atoms with Gasteiger partial charge in [0.2, 0.25) is 5.91 Å². The van der Waals surface area contributed by atoms with Crippen LogP contribution in [0.25, 0.3) is 0 Å². The van der Waals surface area contributed by atoms with Crippen molar-refractivity contribution >= 4 is 5.91 Å². The highest BCUT2D eigenvalue weighted by molar-refractivity contribution is 5.79. The van der Waals surface area contributed by atoms with Crippen LogP contribution in [-0.2, 0) is 16.0 Å². The van der Waals surface area contributed by atoms with Gasteiger partial charge in [0.05, 0.1) is 13.2 Å². The third-order valence-electron chi connectivity index (χ3n) is 4.96. The van der Waals surface area contributed by atoms with Gasteiger partial charge in [-0.15, -0.1) is 0 Å². The van der Waals surface area contributed by atoms with Gasteiger partial charge in [0.25, 0.3) is 0 Å². The third-order valence-corrected chi connectivity index (χ3v) is 4.96. The Hall–Kier alpha value is -1.43. The van der Waals surface area contributed by atoms with Crippen molar-refractivity contribution in [2.45, 2.75) is 25.3 Å². The van der Waals surface area contributed by atoms with Crippen LogP contribution in [0.4, 0.5) is 0 Å². The number of ether oxygens (including phenoxy) is 1. The molecule has 2 aliphatic rings. The molecule has 1 atom stereocenters. The number of rotatable bonds is 6. The molecule has 132 valence electrons. The summed E-state index contributed by atoms with van der Waals surface area (Å²) in [6.07, 6.45) is 2.78. The van der Waals surface area contributed by atoms with E-state index in [0.29, 0.717) is 0 Å². The highest BCUT2D eigenvalue weighted by atomic mass is 16.5. The molecule has 2 fully saturated rings. The monoisotopic (exact) mass is 331 g/mol. The maximum atomic E-state index is 12.7. The first-order valence-electron chi connectivity index (χ1n) is 9.16. The summed E-state index contributed by atoms with van der Waals surface area (Å²) >= 11 is 0. The van der Waals surface area contributed by atoms with E-state index in [1.807, 2.05) is 6.07 Å². The summed E-state index contributed by atoms with van der Waals surface area (Å²) in [5.41, 5.74) is 1.28. The van der Waals surface area contributed by atoms with Crippen LogP contribution >= 0.6 is 0 Å². The lowest BCUT2D eigenvalue weighted by molar-refractivity contribution is -0.126. The molecule has 2 N–H and O–H groups in total. The molecule has 0 bridgehead atoms. The molecule has 5 heteroatoms. The number of hydrogen-bond donors (Lipinski definition) is 2. The number of carbonyl (C=O) groups excluding carboxylic acids is 1. The summed E-state index contributed by atoms with van der Waals surface area (Å²) in [7, 11) is 0. The van der Waals surface area contributed by atoms with E-state index in [1.54, 1.807) is 0 Å². The van der Waals surface area contributed by atoms with Crippen LogP contribution in [-0.4, -0.2) is 62.8 Å². The Bertz CT molecular complexity index is 497. The average Bonchev–Trinajstić information content (AvgIpc) is 2.64. The number of hydrogen-bond acceptors (Lipinski definition) is 4. The Kier molecular flexibility index (Phi) is 6.64. The highest BCUT2D eigenvalue weighted by Crippen LogP contribution is 2.13. The van der Waals surface area contributed by atoms with E-state index in [-0.39, 0.29) is 17.9 Å². The minimum absolute atomic E-state index is 0.160. The average molecular weight is 331 g/mol. The van der Waals surface area contributed by atoms with E-state index in [9.17, 15) is 4.79 Å². The fourth-order valence-electron chi connectivity index (χ4n) is 3.56. The number of nitrogens with zero attached hydrogens (tertiary/aromatic N) is 1. The van der Waals surface area contributed by atoms with Crippen molar-refractivity contribution in [2.24, 2.45) is 5.92 Å². The summed E-state index contributed by atoms with van der Waals surface area (Å²) < 4.78 is 5.44. The first-order chi connectivity index (χ1) is 11.8. The van der Waals surface area contributed by atoms with Gasteiger partial charge in [0.15, 0.2) is 0 Å². The minimum atomic E-state index is 0.160. The fraction of sp³-hybridized carbons (Fsp3) is 0.632. The molecule has 2 heterocycles. The zero-order valence-corrected chi connectivity index (χ0v) is 14.4. The molecule has 5 nitrogen and oxygen atoms in total. The van der Waals surface area contributed by atoms with E-state index < -0.39 is 0 Å². The van der Waals surface area contributed by atoms with E-state index in [4.69, 9.17) is 4.74 Å². The maximum Gasteiger partial charge on any atom is 0.223 e. The van der Waals surface area contributed by atoms with Gasteiger partial charge >= 0.3 is 0 Å². The molecule has 0 saturated carbocycles. The fourth-order valence-corrected chi connectivity index (χ4v) is 3.56. The molecule has 1 unspecified atom stereocenters. The quantitative estimate of drug-likeness (QED) is 0.818. The number of nitrogens with one attached hydrogen (secondary N) is 2. The second kappa shape index (κ2) is 9.16. The second-order valence-corrected chi connectivity index (χ2v) is 6.83. The zero-order valence-electron chi connectivity index (χ0n) is 14.4. The van der Waals surface area contributed by atoms with Crippen LogP contribution in [0.3, 0.4) is 0 Å².